The lowest BCUT2D eigenvalue weighted by molar-refractivity contribution is -0.275. The van der Waals surface area contributed by atoms with Gasteiger partial charge in [-0.2, -0.15) is 0 Å². The molecule has 37 heavy (non-hydrogen) atoms. The van der Waals surface area contributed by atoms with Gasteiger partial charge in [0.05, 0.1) is 18.2 Å². The number of anilines is 2. The number of carbonyl (C=O) groups excluding carboxylic acids is 2. The van der Waals surface area contributed by atoms with Gasteiger partial charge in [0.1, 0.15) is 17.3 Å². The highest BCUT2D eigenvalue weighted by Gasteiger charge is 2.33. The summed E-state index contributed by atoms with van der Waals surface area (Å²) in [5, 5.41) is 2.62. The van der Waals surface area contributed by atoms with Crippen LogP contribution in [0.15, 0.2) is 41.3 Å². The summed E-state index contributed by atoms with van der Waals surface area (Å²) in [5.74, 6) is -4.61. The highest BCUT2D eigenvalue weighted by molar-refractivity contribution is 7.92. The van der Waals surface area contributed by atoms with Gasteiger partial charge in [-0.15, -0.1) is 13.2 Å². The average Bonchev–Trinajstić information content (AvgIpc) is 2.75. The first kappa shape index (κ1) is 29.7. The molecule has 0 aliphatic carbocycles. The first-order chi connectivity index (χ1) is 17.1. The number of esters is 1. The van der Waals surface area contributed by atoms with Gasteiger partial charge in [0.25, 0.3) is 10.0 Å². The van der Waals surface area contributed by atoms with Crippen molar-refractivity contribution in [3.63, 3.8) is 0 Å². The molecule has 0 bridgehead atoms. The predicted octanol–water partition coefficient (Wildman–Crippen LogP) is 4.70. The van der Waals surface area contributed by atoms with E-state index in [4.69, 9.17) is 9.47 Å². The molecule has 0 aromatic heterocycles. The third kappa shape index (κ3) is 8.81. The van der Waals surface area contributed by atoms with Crippen molar-refractivity contribution in [2.75, 3.05) is 23.3 Å². The molecule has 2 rings (SSSR count). The Balaban J connectivity index is 2.32. The molecule has 1 atom stereocenters. The molecule has 0 fully saturated rings. The summed E-state index contributed by atoms with van der Waals surface area (Å²) in [6.45, 7) is 6.23. The van der Waals surface area contributed by atoms with Crippen LogP contribution < -0.4 is 19.5 Å². The van der Waals surface area contributed by atoms with Crippen LogP contribution in [-0.2, 0) is 24.3 Å². The Labute approximate surface area is 211 Å². The standard InChI is InChI=1S/C23H26F4N2O7S/c1-5-34-20-10-15(28-22(31)17(13(2)3)12-35-14(4)30)7-9-21(20)37(32,33)29-16-6-8-18(24)19(11-16)36-23(25,26)27/h6-11,13,17,29H,5,12H2,1-4H3,(H,28,31)/t17-/m0/s1. The molecule has 0 spiro atoms. The van der Waals surface area contributed by atoms with Gasteiger partial charge in [0.2, 0.25) is 5.91 Å². The zero-order valence-corrected chi connectivity index (χ0v) is 21.1. The molecule has 204 valence electrons. The van der Waals surface area contributed by atoms with E-state index in [9.17, 15) is 35.6 Å². The lowest BCUT2D eigenvalue weighted by atomic mass is 9.95. The number of nitrogens with one attached hydrogen (secondary N) is 2. The maximum atomic E-state index is 13.7. The summed E-state index contributed by atoms with van der Waals surface area (Å²) in [6, 6.07) is 5.73. The number of rotatable bonds is 11. The fourth-order valence-electron chi connectivity index (χ4n) is 3.07. The molecular weight excluding hydrogens is 524 g/mol. The summed E-state index contributed by atoms with van der Waals surface area (Å²) < 4.78 is 93.1. The fraction of sp³-hybridized carbons (Fsp3) is 0.391. The molecule has 9 nitrogen and oxygen atoms in total. The SMILES string of the molecule is CCOc1cc(NC(=O)[C@@H](COC(C)=O)C(C)C)ccc1S(=O)(=O)Nc1ccc(F)c(OC(F)(F)F)c1. The lowest BCUT2D eigenvalue weighted by Crippen LogP contribution is -2.31. The van der Waals surface area contributed by atoms with Gasteiger partial charge in [0.15, 0.2) is 11.6 Å². The number of amides is 1. The minimum absolute atomic E-state index is 0.0428. The maximum absolute atomic E-state index is 13.7. The molecule has 0 saturated carbocycles. The second-order valence-electron chi connectivity index (χ2n) is 8.04. The fourth-order valence-corrected chi connectivity index (χ4v) is 4.25. The quantitative estimate of drug-likeness (QED) is 0.308. The number of alkyl halides is 3. The van der Waals surface area contributed by atoms with E-state index in [1.807, 2.05) is 4.72 Å². The molecule has 2 aromatic carbocycles. The topological polar surface area (TPSA) is 120 Å². The molecule has 1 amide bonds. The Hall–Kier alpha value is -3.55. The summed E-state index contributed by atoms with van der Waals surface area (Å²) >= 11 is 0. The molecule has 0 saturated heterocycles. The molecule has 0 aliphatic heterocycles. The van der Waals surface area contributed by atoms with Gasteiger partial charge in [-0.1, -0.05) is 13.8 Å². The van der Waals surface area contributed by atoms with Crippen molar-refractivity contribution in [2.24, 2.45) is 11.8 Å². The number of hydrogen-bond acceptors (Lipinski definition) is 7. The highest BCUT2D eigenvalue weighted by Crippen LogP contribution is 2.32. The van der Waals surface area contributed by atoms with Gasteiger partial charge in [-0.25, -0.2) is 12.8 Å². The van der Waals surface area contributed by atoms with Crippen LogP contribution in [0.5, 0.6) is 11.5 Å². The van der Waals surface area contributed by atoms with Crippen molar-refractivity contribution in [3.8, 4) is 11.5 Å². The van der Waals surface area contributed by atoms with Gasteiger partial charge >= 0.3 is 12.3 Å². The Morgan fingerprint density at radius 1 is 1.03 bits per heavy atom. The molecule has 0 radical (unpaired) electrons. The van der Waals surface area contributed by atoms with Crippen LogP contribution in [0.25, 0.3) is 0 Å². The first-order valence-corrected chi connectivity index (χ1v) is 12.4. The van der Waals surface area contributed by atoms with E-state index in [1.165, 1.54) is 19.1 Å². The summed E-state index contributed by atoms with van der Waals surface area (Å²) in [4.78, 5) is 23.4. The Morgan fingerprint density at radius 3 is 2.22 bits per heavy atom. The van der Waals surface area contributed by atoms with Crippen LogP contribution in [0, 0.1) is 17.7 Å². The Bertz CT molecular complexity index is 1230. The number of sulfonamides is 1. The zero-order valence-electron chi connectivity index (χ0n) is 20.3. The van der Waals surface area contributed by atoms with Crippen molar-refractivity contribution < 1.29 is 49.8 Å². The number of halogens is 4. The van der Waals surface area contributed by atoms with Crippen LogP contribution in [0.1, 0.15) is 27.7 Å². The molecule has 0 heterocycles. The van der Waals surface area contributed by atoms with E-state index in [1.54, 1.807) is 20.8 Å². The van der Waals surface area contributed by atoms with Gasteiger partial charge in [0, 0.05) is 24.7 Å². The predicted molar refractivity (Wildman–Crippen MR) is 125 cm³/mol. The summed E-state index contributed by atoms with van der Waals surface area (Å²) in [6.07, 6.45) is -5.19. The lowest BCUT2D eigenvalue weighted by Gasteiger charge is -2.20. The van der Waals surface area contributed by atoms with Gasteiger partial charge < -0.3 is 19.5 Å². The molecule has 0 unspecified atom stereocenters. The smallest absolute Gasteiger partial charge is 0.492 e. The third-order valence-electron chi connectivity index (χ3n) is 4.82. The normalized spacial score (nSPS) is 12.6. The van der Waals surface area contributed by atoms with Crippen molar-refractivity contribution in [1.29, 1.82) is 0 Å². The zero-order chi connectivity index (χ0) is 28.0. The van der Waals surface area contributed by atoms with Crippen LogP contribution in [0.2, 0.25) is 0 Å². The van der Waals surface area contributed by atoms with E-state index in [0.29, 0.717) is 12.1 Å². The van der Waals surface area contributed by atoms with Crippen LogP contribution in [-0.4, -0.2) is 39.9 Å². The summed E-state index contributed by atoms with van der Waals surface area (Å²) in [5.41, 5.74) is -0.214. The maximum Gasteiger partial charge on any atom is 0.573 e. The van der Waals surface area contributed by atoms with E-state index < -0.39 is 56.3 Å². The minimum atomic E-state index is -5.19. The highest BCUT2D eigenvalue weighted by atomic mass is 32.2. The van der Waals surface area contributed by atoms with Crippen LogP contribution in [0.3, 0.4) is 0 Å². The molecule has 14 heteroatoms. The van der Waals surface area contributed by atoms with Gasteiger partial charge in [-0.05, 0) is 37.1 Å². The van der Waals surface area contributed by atoms with Crippen molar-refractivity contribution >= 4 is 33.3 Å². The van der Waals surface area contributed by atoms with Crippen LogP contribution in [0.4, 0.5) is 28.9 Å². The van der Waals surface area contributed by atoms with Crippen molar-refractivity contribution in [2.45, 2.75) is 39.0 Å². The van der Waals surface area contributed by atoms with Crippen molar-refractivity contribution in [1.82, 2.24) is 0 Å². The van der Waals surface area contributed by atoms with Gasteiger partial charge in [-0.3, -0.25) is 14.3 Å². The van der Waals surface area contributed by atoms with E-state index in [0.717, 1.165) is 12.1 Å². The third-order valence-corrected chi connectivity index (χ3v) is 6.24. The number of carbonyl (C=O) groups is 2. The molecule has 0 aliphatic rings. The minimum Gasteiger partial charge on any atom is -0.492 e. The first-order valence-electron chi connectivity index (χ1n) is 10.9. The number of benzene rings is 2. The van der Waals surface area contributed by atoms with Crippen molar-refractivity contribution in [3.05, 3.63) is 42.2 Å². The molecule has 2 aromatic rings. The second kappa shape index (κ2) is 12.1. The van der Waals surface area contributed by atoms with E-state index in [2.05, 4.69) is 10.1 Å². The Kier molecular flexibility index (Phi) is 9.73. The van der Waals surface area contributed by atoms with E-state index >= 15 is 0 Å². The van der Waals surface area contributed by atoms with E-state index in [-0.39, 0.29) is 30.6 Å². The van der Waals surface area contributed by atoms with Crippen LogP contribution >= 0.6 is 0 Å². The summed E-state index contributed by atoms with van der Waals surface area (Å²) in [7, 11) is -4.44. The molecule has 2 N–H and O–H groups in total. The number of hydrogen-bond donors (Lipinski definition) is 2. The number of ether oxygens (including phenoxy) is 3. The largest absolute Gasteiger partial charge is 0.573 e. The molecular formula is C23H26F4N2O7S. The Morgan fingerprint density at radius 2 is 1.65 bits per heavy atom. The average molecular weight is 551 g/mol. The second-order valence-corrected chi connectivity index (χ2v) is 9.69. The monoisotopic (exact) mass is 550 g/mol.